The van der Waals surface area contributed by atoms with E-state index in [9.17, 15) is 9.59 Å². The molecule has 0 aromatic heterocycles. The topological polar surface area (TPSA) is 46.6 Å². The van der Waals surface area contributed by atoms with Crippen LogP contribution in [0.25, 0.3) is 0 Å². The number of hydrogen-bond acceptors (Lipinski definition) is 3. The normalized spacial score (nSPS) is 15.0. The number of rotatable bonds is 1. The molecule has 1 aliphatic heterocycles. The molecule has 0 fully saturated rings. The standard InChI is InChI=1S/C9H7NO3/c1-13-10-7-5-3-2-4-6(7)8(11)9(10)12/h2-5H,1H3. The molecule has 1 aliphatic rings. The molecule has 0 aliphatic carbocycles. The highest BCUT2D eigenvalue weighted by Gasteiger charge is 2.35. The Balaban J connectivity index is 2.60. The summed E-state index contributed by atoms with van der Waals surface area (Å²) in [6, 6.07) is 6.73. The van der Waals surface area contributed by atoms with Crippen LogP contribution in [0.5, 0.6) is 0 Å². The fourth-order valence-electron chi connectivity index (χ4n) is 1.34. The Hall–Kier alpha value is -1.68. The third kappa shape index (κ3) is 0.957. The van der Waals surface area contributed by atoms with Crippen LogP contribution in [0, 0.1) is 0 Å². The summed E-state index contributed by atoms with van der Waals surface area (Å²) in [4.78, 5) is 27.3. The van der Waals surface area contributed by atoms with E-state index in [-0.39, 0.29) is 0 Å². The summed E-state index contributed by atoms with van der Waals surface area (Å²) in [7, 11) is 1.35. The Morgan fingerprint density at radius 2 is 1.92 bits per heavy atom. The molecule has 1 aromatic carbocycles. The van der Waals surface area contributed by atoms with Crippen LogP contribution >= 0.6 is 0 Å². The molecule has 0 bridgehead atoms. The smallest absolute Gasteiger partial charge is 0.283 e. The van der Waals surface area contributed by atoms with E-state index in [1.165, 1.54) is 7.11 Å². The molecule has 1 amide bonds. The molecule has 0 spiro atoms. The monoisotopic (exact) mass is 177 g/mol. The van der Waals surface area contributed by atoms with Crippen molar-refractivity contribution in [2.45, 2.75) is 0 Å². The number of para-hydroxylation sites is 1. The Kier molecular flexibility index (Phi) is 1.63. The molecule has 0 atom stereocenters. The number of carbonyl (C=O) groups excluding carboxylic acids is 2. The lowest BCUT2D eigenvalue weighted by Gasteiger charge is -2.11. The van der Waals surface area contributed by atoms with Gasteiger partial charge in [-0.15, -0.1) is 0 Å². The molecule has 0 saturated heterocycles. The Morgan fingerprint density at radius 3 is 2.62 bits per heavy atom. The Morgan fingerprint density at radius 1 is 1.23 bits per heavy atom. The van der Waals surface area contributed by atoms with Gasteiger partial charge in [0.25, 0.3) is 5.78 Å². The van der Waals surface area contributed by atoms with Crippen molar-refractivity contribution in [3.8, 4) is 0 Å². The van der Waals surface area contributed by atoms with Gasteiger partial charge in [-0.25, -0.2) is 0 Å². The first-order valence-electron chi connectivity index (χ1n) is 3.77. The van der Waals surface area contributed by atoms with Crippen molar-refractivity contribution in [2.75, 3.05) is 12.2 Å². The lowest BCUT2D eigenvalue weighted by Crippen LogP contribution is -2.28. The summed E-state index contributed by atoms with van der Waals surface area (Å²) in [5, 5.41) is 0.998. The zero-order chi connectivity index (χ0) is 9.42. The van der Waals surface area contributed by atoms with Crippen LogP contribution in [-0.2, 0) is 9.63 Å². The molecule has 0 saturated carbocycles. The van der Waals surface area contributed by atoms with Crippen molar-refractivity contribution in [2.24, 2.45) is 0 Å². The third-order valence-electron chi connectivity index (χ3n) is 1.93. The predicted molar refractivity (Wildman–Crippen MR) is 45.3 cm³/mol. The van der Waals surface area contributed by atoms with Crippen molar-refractivity contribution in [3.05, 3.63) is 29.8 Å². The molecule has 1 aromatic rings. The molecule has 2 rings (SSSR count). The zero-order valence-electron chi connectivity index (χ0n) is 6.98. The van der Waals surface area contributed by atoms with Gasteiger partial charge < -0.3 is 0 Å². The summed E-state index contributed by atoms with van der Waals surface area (Å²) < 4.78 is 0. The molecular weight excluding hydrogens is 170 g/mol. The largest absolute Gasteiger partial charge is 0.323 e. The number of ketones is 1. The highest BCUT2D eigenvalue weighted by molar-refractivity contribution is 6.51. The van der Waals surface area contributed by atoms with Gasteiger partial charge in [-0.05, 0) is 12.1 Å². The summed E-state index contributed by atoms with van der Waals surface area (Å²) >= 11 is 0. The number of nitrogens with zero attached hydrogens (tertiary/aromatic N) is 1. The van der Waals surface area contributed by atoms with Crippen molar-refractivity contribution in [1.29, 1.82) is 0 Å². The highest BCUT2D eigenvalue weighted by Crippen LogP contribution is 2.27. The van der Waals surface area contributed by atoms with E-state index >= 15 is 0 Å². The first kappa shape index (κ1) is 7.94. The van der Waals surface area contributed by atoms with Gasteiger partial charge in [0, 0.05) is 0 Å². The van der Waals surface area contributed by atoms with Crippen LogP contribution in [-0.4, -0.2) is 18.8 Å². The highest BCUT2D eigenvalue weighted by atomic mass is 16.7. The summed E-state index contributed by atoms with van der Waals surface area (Å²) in [5.74, 6) is -1.15. The average molecular weight is 177 g/mol. The SMILES string of the molecule is CON1C(=O)C(=O)c2ccccc21. The van der Waals surface area contributed by atoms with Crippen LogP contribution in [0.15, 0.2) is 24.3 Å². The molecule has 1 heterocycles. The van der Waals surface area contributed by atoms with Crippen molar-refractivity contribution in [3.63, 3.8) is 0 Å². The number of hydroxylamine groups is 1. The maximum Gasteiger partial charge on any atom is 0.323 e. The minimum atomic E-state index is -0.635. The molecule has 0 N–H and O–H groups in total. The van der Waals surface area contributed by atoms with Crippen molar-refractivity contribution >= 4 is 17.4 Å². The van der Waals surface area contributed by atoms with E-state index < -0.39 is 11.7 Å². The molecule has 4 nitrogen and oxygen atoms in total. The van der Waals surface area contributed by atoms with E-state index in [4.69, 9.17) is 4.84 Å². The maximum absolute atomic E-state index is 11.3. The number of Topliss-reactive ketones (excluding diaryl/α,β-unsaturated/α-hetero) is 1. The van der Waals surface area contributed by atoms with Crippen LogP contribution < -0.4 is 5.06 Å². The van der Waals surface area contributed by atoms with Crippen LogP contribution in [0.1, 0.15) is 10.4 Å². The number of anilines is 1. The number of hydrogen-bond donors (Lipinski definition) is 0. The second-order valence-electron chi connectivity index (χ2n) is 2.63. The summed E-state index contributed by atoms with van der Waals surface area (Å²) in [6.45, 7) is 0. The molecule has 4 heteroatoms. The molecule has 66 valence electrons. The van der Waals surface area contributed by atoms with Gasteiger partial charge in [0.15, 0.2) is 0 Å². The average Bonchev–Trinajstić information content (AvgIpc) is 2.41. The molecule has 0 radical (unpaired) electrons. The fraction of sp³-hybridized carbons (Fsp3) is 0.111. The van der Waals surface area contributed by atoms with Crippen LogP contribution in [0.2, 0.25) is 0 Å². The van der Waals surface area contributed by atoms with E-state index in [1.54, 1.807) is 24.3 Å². The van der Waals surface area contributed by atoms with Crippen molar-refractivity contribution in [1.82, 2.24) is 0 Å². The lowest BCUT2D eigenvalue weighted by molar-refractivity contribution is -0.119. The summed E-state index contributed by atoms with van der Waals surface area (Å²) in [5.41, 5.74) is 0.911. The first-order valence-corrected chi connectivity index (χ1v) is 3.77. The minimum Gasteiger partial charge on any atom is -0.283 e. The van der Waals surface area contributed by atoms with Gasteiger partial charge in [0.1, 0.15) is 0 Å². The van der Waals surface area contributed by atoms with E-state index in [0.717, 1.165) is 5.06 Å². The third-order valence-corrected chi connectivity index (χ3v) is 1.93. The summed E-state index contributed by atoms with van der Waals surface area (Å²) in [6.07, 6.45) is 0. The second-order valence-corrected chi connectivity index (χ2v) is 2.63. The molecule has 13 heavy (non-hydrogen) atoms. The number of amides is 1. The molecule has 0 unspecified atom stereocenters. The van der Waals surface area contributed by atoms with Crippen LogP contribution in [0.3, 0.4) is 0 Å². The van der Waals surface area contributed by atoms with Crippen molar-refractivity contribution < 1.29 is 14.4 Å². The van der Waals surface area contributed by atoms with E-state index in [0.29, 0.717) is 11.3 Å². The van der Waals surface area contributed by atoms with Crippen LogP contribution in [0.4, 0.5) is 5.69 Å². The Labute approximate surface area is 74.7 Å². The van der Waals surface area contributed by atoms with Gasteiger partial charge in [-0.2, -0.15) is 5.06 Å². The van der Waals surface area contributed by atoms with Gasteiger partial charge in [0.2, 0.25) is 0 Å². The number of benzene rings is 1. The second kappa shape index (κ2) is 2.67. The number of fused-ring (bicyclic) bond motifs is 1. The Bertz CT molecular complexity index is 386. The van der Waals surface area contributed by atoms with E-state index in [1.807, 2.05) is 0 Å². The maximum atomic E-state index is 11.3. The van der Waals surface area contributed by atoms with Gasteiger partial charge in [-0.1, -0.05) is 12.1 Å². The van der Waals surface area contributed by atoms with Gasteiger partial charge >= 0.3 is 5.91 Å². The fourth-order valence-corrected chi connectivity index (χ4v) is 1.34. The van der Waals surface area contributed by atoms with Gasteiger partial charge in [0.05, 0.1) is 18.4 Å². The predicted octanol–water partition coefficient (Wildman–Crippen LogP) is 0.777. The number of carbonyl (C=O) groups is 2. The lowest BCUT2D eigenvalue weighted by atomic mass is 10.1. The minimum absolute atomic E-state index is 0.398. The van der Waals surface area contributed by atoms with E-state index in [2.05, 4.69) is 0 Å². The molecular formula is C9H7NO3. The first-order chi connectivity index (χ1) is 6.25. The quantitative estimate of drug-likeness (QED) is 0.595. The van der Waals surface area contributed by atoms with Gasteiger partial charge in [-0.3, -0.25) is 14.4 Å². The zero-order valence-corrected chi connectivity index (χ0v) is 6.98.